The molecule has 0 fully saturated rings. The molecule has 1 amide bonds. The molecule has 0 aliphatic heterocycles. The van der Waals surface area contributed by atoms with Crippen LogP contribution in [0.4, 0.5) is 0 Å². The molecule has 0 aromatic heterocycles. The zero-order valence-electron chi connectivity index (χ0n) is 9.46. The standard InChI is InChI=1S/C12H16ClNO2/c1-3-9(7-13)14-12(16)10-5-4-6-11(15)8(10)2/h4-6,9,15H,3,7H2,1-2H3,(H,14,16). The predicted molar refractivity (Wildman–Crippen MR) is 65.1 cm³/mol. The average Bonchev–Trinajstić information content (AvgIpc) is 2.29. The number of carbonyl (C=O) groups excluding carboxylic acids is 1. The zero-order valence-corrected chi connectivity index (χ0v) is 10.2. The summed E-state index contributed by atoms with van der Waals surface area (Å²) < 4.78 is 0. The van der Waals surface area contributed by atoms with Crippen LogP contribution < -0.4 is 5.32 Å². The molecule has 0 saturated heterocycles. The summed E-state index contributed by atoms with van der Waals surface area (Å²) >= 11 is 5.71. The summed E-state index contributed by atoms with van der Waals surface area (Å²) in [5.74, 6) is 0.326. The number of halogens is 1. The van der Waals surface area contributed by atoms with Gasteiger partial charge in [0.05, 0.1) is 0 Å². The number of aromatic hydroxyl groups is 1. The number of phenolic OH excluding ortho intramolecular Hbond substituents is 1. The van der Waals surface area contributed by atoms with E-state index in [-0.39, 0.29) is 17.7 Å². The van der Waals surface area contributed by atoms with Crippen LogP contribution >= 0.6 is 11.6 Å². The van der Waals surface area contributed by atoms with Crippen LogP contribution in [0.2, 0.25) is 0 Å². The number of phenols is 1. The van der Waals surface area contributed by atoms with Crippen LogP contribution in [0.25, 0.3) is 0 Å². The largest absolute Gasteiger partial charge is 0.508 e. The number of alkyl halides is 1. The van der Waals surface area contributed by atoms with Gasteiger partial charge in [-0.1, -0.05) is 13.0 Å². The SMILES string of the molecule is CCC(CCl)NC(=O)c1cccc(O)c1C. The Morgan fingerprint density at radius 2 is 2.25 bits per heavy atom. The Hall–Kier alpha value is -1.22. The Balaban J connectivity index is 2.84. The summed E-state index contributed by atoms with van der Waals surface area (Å²) in [6, 6.07) is 4.87. The Morgan fingerprint density at radius 1 is 1.56 bits per heavy atom. The Labute approximate surface area is 100 Å². The highest BCUT2D eigenvalue weighted by Crippen LogP contribution is 2.19. The molecule has 1 atom stereocenters. The van der Waals surface area contributed by atoms with Crippen LogP contribution in [0.15, 0.2) is 18.2 Å². The topological polar surface area (TPSA) is 49.3 Å². The smallest absolute Gasteiger partial charge is 0.251 e. The van der Waals surface area contributed by atoms with Crippen molar-refractivity contribution in [1.29, 1.82) is 0 Å². The quantitative estimate of drug-likeness (QED) is 0.796. The van der Waals surface area contributed by atoms with Crippen LogP contribution in [-0.4, -0.2) is 22.9 Å². The summed E-state index contributed by atoms with van der Waals surface area (Å²) in [4.78, 5) is 11.9. The molecule has 3 nitrogen and oxygen atoms in total. The lowest BCUT2D eigenvalue weighted by molar-refractivity contribution is 0.0938. The van der Waals surface area contributed by atoms with Crippen LogP contribution in [-0.2, 0) is 0 Å². The fourth-order valence-corrected chi connectivity index (χ4v) is 1.68. The van der Waals surface area contributed by atoms with Crippen molar-refractivity contribution in [2.45, 2.75) is 26.3 Å². The lowest BCUT2D eigenvalue weighted by atomic mass is 10.1. The second-order valence-electron chi connectivity index (χ2n) is 3.68. The number of nitrogens with one attached hydrogen (secondary N) is 1. The molecule has 0 saturated carbocycles. The van der Waals surface area contributed by atoms with Gasteiger partial charge in [-0.2, -0.15) is 0 Å². The maximum atomic E-state index is 11.9. The zero-order chi connectivity index (χ0) is 12.1. The number of hydrogen-bond donors (Lipinski definition) is 2. The molecule has 0 radical (unpaired) electrons. The summed E-state index contributed by atoms with van der Waals surface area (Å²) in [6.07, 6.45) is 0.785. The minimum Gasteiger partial charge on any atom is -0.508 e. The van der Waals surface area contributed by atoms with E-state index in [1.54, 1.807) is 25.1 Å². The van der Waals surface area contributed by atoms with Crippen molar-refractivity contribution in [2.24, 2.45) is 0 Å². The molecule has 0 spiro atoms. The van der Waals surface area contributed by atoms with E-state index in [9.17, 15) is 9.90 Å². The highest BCUT2D eigenvalue weighted by atomic mass is 35.5. The van der Waals surface area contributed by atoms with Gasteiger partial charge in [0.15, 0.2) is 0 Å². The Morgan fingerprint density at radius 3 is 2.81 bits per heavy atom. The van der Waals surface area contributed by atoms with E-state index >= 15 is 0 Å². The first-order chi connectivity index (χ1) is 7.60. The van der Waals surface area contributed by atoms with Gasteiger partial charge in [-0.15, -0.1) is 11.6 Å². The fourth-order valence-electron chi connectivity index (χ4n) is 1.38. The normalized spacial score (nSPS) is 12.2. The summed E-state index contributed by atoms with van der Waals surface area (Å²) in [6.45, 7) is 3.68. The number of benzene rings is 1. The molecule has 0 aliphatic carbocycles. The number of carbonyl (C=O) groups is 1. The van der Waals surface area contributed by atoms with E-state index in [0.717, 1.165) is 6.42 Å². The average molecular weight is 242 g/mol. The lowest BCUT2D eigenvalue weighted by Crippen LogP contribution is -2.35. The Kier molecular flexibility index (Phi) is 4.62. The van der Waals surface area contributed by atoms with Crippen molar-refractivity contribution in [3.8, 4) is 5.75 Å². The second kappa shape index (κ2) is 5.75. The monoisotopic (exact) mass is 241 g/mol. The maximum Gasteiger partial charge on any atom is 0.251 e. The first-order valence-electron chi connectivity index (χ1n) is 5.25. The van der Waals surface area contributed by atoms with Crippen molar-refractivity contribution in [1.82, 2.24) is 5.32 Å². The van der Waals surface area contributed by atoms with Gasteiger partial charge in [-0.05, 0) is 25.5 Å². The molecule has 1 rings (SSSR count). The van der Waals surface area contributed by atoms with E-state index in [1.807, 2.05) is 6.92 Å². The molecule has 0 bridgehead atoms. The van der Waals surface area contributed by atoms with E-state index in [2.05, 4.69) is 5.32 Å². The van der Waals surface area contributed by atoms with Gasteiger partial charge in [-0.25, -0.2) is 0 Å². The van der Waals surface area contributed by atoms with E-state index in [0.29, 0.717) is 17.0 Å². The third kappa shape index (κ3) is 2.89. The minimum absolute atomic E-state index is 0.0316. The highest BCUT2D eigenvalue weighted by molar-refractivity contribution is 6.18. The first-order valence-corrected chi connectivity index (χ1v) is 5.79. The lowest BCUT2D eigenvalue weighted by Gasteiger charge is -2.15. The third-order valence-corrected chi connectivity index (χ3v) is 2.94. The summed E-state index contributed by atoms with van der Waals surface area (Å²) in [7, 11) is 0. The van der Waals surface area contributed by atoms with Gasteiger partial charge in [0, 0.05) is 23.0 Å². The molecular weight excluding hydrogens is 226 g/mol. The molecule has 2 N–H and O–H groups in total. The predicted octanol–water partition coefficient (Wildman–Crippen LogP) is 2.45. The Bertz CT molecular complexity index is 375. The van der Waals surface area contributed by atoms with Crippen LogP contribution in [0.1, 0.15) is 29.3 Å². The summed E-state index contributed by atoms with van der Waals surface area (Å²) in [5, 5.41) is 12.3. The van der Waals surface area contributed by atoms with Crippen LogP contribution in [0.3, 0.4) is 0 Å². The van der Waals surface area contributed by atoms with Gasteiger partial charge in [0.2, 0.25) is 0 Å². The minimum atomic E-state index is -0.194. The molecule has 0 heterocycles. The maximum absolute atomic E-state index is 11.9. The van der Waals surface area contributed by atoms with Crippen molar-refractivity contribution in [3.63, 3.8) is 0 Å². The molecule has 0 aliphatic rings. The highest BCUT2D eigenvalue weighted by Gasteiger charge is 2.14. The number of hydrogen-bond acceptors (Lipinski definition) is 2. The molecular formula is C12H16ClNO2. The van der Waals surface area contributed by atoms with Gasteiger partial charge in [0.1, 0.15) is 5.75 Å². The van der Waals surface area contributed by atoms with Crippen molar-refractivity contribution in [3.05, 3.63) is 29.3 Å². The first kappa shape index (κ1) is 12.8. The van der Waals surface area contributed by atoms with E-state index in [1.165, 1.54) is 0 Å². The van der Waals surface area contributed by atoms with Gasteiger partial charge in [0.25, 0.3) is 5.91 Å². The van der Waals surface area contributed by atoms with Crippen molar-refractivity contribution in [2.75, 3.05) is 5.88 Å². The molecule has 88 valence electrons. The molecule has 1 aromatic rings. The van der Waals surface area contributed by atoms with Crippen LogP contribution in [0, 0.1) is 6.92 Å². The molecule has 1 aromatic carbocycles. The fraction of sp³-hybridized carbons (Fsp3) is 0.417. The van der Waals surface area contributed by atoms with Gasteiger partial charge < -0.3 is 10.4 Å². The van der Waals surface area contributed by atoms with Crippen molar-refractivity contribution >= 4 is 17.5 Å². The summed E-state index contributed by atoms with van der Waals surface area (Å²) in [5.41, 5.74) is 1.08. The molecule has 1 unspecified atom stereocenters. The van der Waals surface area contributed by atoms with E-state index < -0.39 is 0 Å². The van der Waals surface area contributed by atoms with Gasteiger partial charge >= 0.3 is 0 Å². The molecule has 16 heavy (non-hydrogen) atoms. The number of rotatable bonds is 4. The second-order valence-corrected chi connectivity index (χ2v) is 3.99. The molecule has 4 heteroatoms. The third-order valence-electron chi connectivity index (χ3n) is 2.56. The van der Waals surface area contributed by atoms with Crippen LogP contribution in [0.5, 0.6) is 5.75 Å². The van der Waals surface area contributed by atoms with Crippen molar-refractivity contribution < 1.29 is 9.90 Å². The van der Waals surface area contributed by atoms with E-state index in [4.69, 9.17) is 11.6 Å². The number of amides is 1. The van der Waals surface area contributed by atoms with Gasteiger partial charge in [-0.3, -0.25) is 4.79 Å².